The highest BCUT2D eigenvalue weighted by Gasteiger charge is 2.21. The van der Waals surface area contributed by atoms with Crippen molar-refractivity contribution in [1.82, 2.24) is 0 Å². The van der Waals surface area contributed by atoms with Crippen LogP contribution in [-0.4, -0.2) is 25.1 Å². The maximum Gasteiger partial charge on any atom is 0.145 e. The number of ether oxygens (including phenoxy) is 2. The van der Waals surface area contributed by atoms with Crippen molar-refractivity contribution in [3.05, 3.63) is 23.8 Å². The zero-order chi connectivity index (χ0) is 11.4. The number of benzene rings is 1. The smallest absolute Gasteiger partial charge is 0.145 e. The summed E-state index contributed by atoms with van der Waals surface area (Å²) in [6.07, 6.45) is 0.201. The highest BCUT2D eigenvalue weighted by Crippen LogP contribution is 2.30. The molecule has 1 heterocycles. The summed E-state index contributed by atoms with van der Waals surface area (Å²) in [7, 11) is 0. The van der Waals surface area contributed by atoms with Gasteiger partial charge in [0.1, 0.15) is 11.9 Å². The van der Waals surface area contributed by atoms with Gasteiger partial charge in [0.25, 0.3) is 0 Å². The van der Waals surface area contributed by atoms with E-state index in [2.05, 4.69) is 13.0 Å². The van der Waals surface area contributed by atoms with Crippen LogP contribution in [0, 0.1) is 0 Å². The van der Waals surface area contributed by atoms with E-state index in [-0.39, 0.29) is 6.10 Å². The van der Waals surface area contributed by atoms with Crippen molar-refractivity contribution in [2.45, 2.75) is 24.5 Å². The molecule has 1 fully saturated rings. The third-order valence-corrected chi connectivity index (χ3v) is 3.48. The molecule has 1 aromatic carbocycles. The van der Waals surface area contributed by atoms with Crippen molar-refractivity contribution >= 4 is 11.8 Å². The van der Waals surface area contributed by atoms with Gasteiger partial charge in [0.15, 0.2) is 0 Å². The third kappa shape index (κ3) is 2.51. The molecule has 16 heavy (non-hydrogen) atoms. The van der Waals surface area contributed by atoms with Crippen LogP contribution in [-0.2, 0) is 11.3 Å². The lowest BCUT2D eigenvalue weighted by molar-refractivity contribution is -0.0800. The fraction of sp³-hybridized carbons (Fsp3) is 0.500. The average molecular weight is 239 g/mol. The van der Waals surface area contributed by atoms with Crippen molar-refractivity contribution in [2.75, 3.05) is 19.0 Å². The fourth-order valence-corrected chi connectivity index (χ4v) is 2.45. The molecule has 4 heteroatoms. The van der Waals surface area contributed by atoms with Gasteiger partial charge in [-0.05, 0) is 17.9 Å². The first-order valence-corrected chi connectivity index (χ1v) is 6.52. The Kier molecular flexibility index (Phi) is 4.09. The van der Waals surface area contributed by atoms with Gasteiger partial charge in [-0.25, -0.2) is 0 Å². The van der Waals surface area contributed by atoms with E-state index in [9.17, 15) is 0 Å². The van der Waals surface area contributed by atoms with E-state index in [1.807, 2.05) is 12.1 Å². The van der Waals surface area contributed by atoms with Crippen molar-refractivity contribution in [3.8, 4) is 5.75 Å². The Morgan fingerprint density at radius 1 is 1.50 bits per heavy atom. The van der Waals surface area contributed by atoms with Crippen LogP contribution in [0.15, 0.2) is 23.1 Å². The Labute approximate surface area is 100 Å². The lowest BCUT2D eigenvalue weighted by atomic mass is 10.2. The first kappa shape index (κ1) is 11.8. The molecule has 0 unspecified atom stereocenters. The number of thioether (sulfide) groups is 1. The Morgan fingerprint density at radius 2 is 2.31 bits per heavy atom. The molecule has 88 valence electrons. The molecule has 2 rings (SSSR count). The quantitative estimate of drug-likeness (QED) is 0.799. The summed E-state index contributed by atoms with van der Waals surface area (Å²) in [6, 6.07) is 6.10. The maximum atomic E-state index is 5.84. The van der Waals surface area contributed by atoms with E-state index >= 15 is 0 Å². The van der Waals surface area contributed by atoms with Crippen LogP contribution >= 0.6 is 11.8 Å². The summed E-state index contributed by atoms with van der Waals surface area (Å²) in [5, 5.41) is 0. The molecule has 0 amide bonds. The molecule has 0 aromatic heterocycles. The predicted molar refractivity (Wildman–Crippen MR) is 66.0 cm³/mol. The van der Waals surface area contributed by atoms with E-state index in [4.69, 9.17) is 15.2 Å². The molecule has 0 spiro atoms. The van der Waals surface area contributed by atoms with E-state index in [0.717, 1.165) is 17.1 Å². The summed E-state index contributed by atoms with van der Waals surface area (Å²) >= 11 is 1.80. The molecule has 0 aliphatic carbocycles. The maximum absolute atomic E-state index is 5.84. The number of rotatable bonds is 5. The van der Waals surface area contributed by atoms with Gasteiger partial charge in [-0.2, -0.15) is 0 Å². The summed E-state index contributed by atoms with van der Waals surface area (Å²) < 4.78 is 10.9. The number of nitrogens with two attached hydrogens (primary N) is 1. The predicted octanol–water partition coefficient (Wildman–Crippen LogP) is 2.03. The first-order valence-electron chi connectivity index (χ1n) is 5.54. The van der Waals surface area contributed by atoms with Gasteiger partial charge < -0.3 is 15.2 Å². The second-order valence-electron chi connectivity index (χ2n) is 3.65. The second-order valence-corrected chi connectivity index (χ2v) is 4.95. The molecule has 1 aliphatic heterocycles. The first-order chi connectivity index (χ1) is 7.85. The molecule has 0 radical (unpaired) electrons. The average Bonchev–Trinajstić information content (AvgIpc) is 2.24. The molecule has 2 N–H and O–H groups in total. The summed E-state index contributed by atoms with van der Waals surface area (Å²) in [5.74, 6) is 1.96. The van der Waals surface area contributed by atoms with Crippen molar-refractivity contribution in [3.63, 3.8) is 0 Å². The van der Waals surface area contributed by atoms with Crippen LogP contribution in [0.1, 0.15) is 12.5 Å². The molecule has 3 nitrogen and oxygen atoms in total. The molecule has 1 aliphatic rings. The van der Waals surface area contributed by atoms with Crippen LogP contribution in [0.25, 0.3) is 0 Å². The van der Waals surface area contributed by atoms with Crippen LogP contribution in [0.5, 0.6) is 5.75 Å². The molecular formula is C12H17NO2S. The number of hydrogen-bond donors (Lipinski definition) is 1. The highest BCUT2D eigenvalue weighted by atomic mass is 32.2. The lowest BCUT2D eigenvalue weighted by Crippen LogP contribution is -2.38. The molecule has 0 bridgehead atoms. The van der Waals surface area contributed by atoms with E-state index in [1.54, 1.807) is 11.8 Å². The van der Waals surface area contributed by atoms with Gasteiger partial charge in [0.2, 0.25) is 0 Å². The van der Waals surface area contributed by atoms with Crippen LogP contribution in [0.2, 0.25) is 0 Å². The second kappa shape index (κ2) is 5.57. The highest BCUT2D eigenvalue weighted by molar-refractivity contribution is 7.99. The number of hydrogen-bond acceptors (Lipinski definition) is 4. The minimum atomic E-state index is 0.201. The Hall–Kier alpha value is -0.710. The van der Waals surface area contributed by atoms with Gasteiger partial charge in [-0.3, -0.25) is 0 Å². The standard InChI is InChI=1S/C12H17NO2S/c1-2-16-12-5-3-4-11(10(12)6-13)15-9-7-14-8-9/h3-5,9H,2,6-8,13H2,1H3. The monoisotopic (exact) mass is 239 g/mol. The Balaban J connectivity index is 2.17. The summed E-state index contributed by atoms with van der Waals surface area (Å²) in [6.45, 7) is 4.04. The molecule has 1 saturated heterocycles. The zero-order valence-corrected chi connectivity index (χ0v) is 10.3. The SMILES string of the molecule is CCSc1cccc(OC2COC2)c1CN. The fourth-order valence-electron chi connectivity index (χ4n) is 1.61. The van der Waals surface area contributed by atoms with Gasteiger partial charge in [-0.15, -0.1) is 11.8 Å². The topological polar surface area (TPSA) is 44.5 Å². The van der Waals surface area contributed by atoms with Gasteiger partial charge in [-0.1, -0.05) is 13.0 Å². The molecular weight excluding hydrogens is 222 g/mol. The van der Waals surface area contributed by atoms with E-state index in [0.29, 0.717) is 19.8 Å². The van der Waals surface area contributed by atoms with Crippen molar-refractivity contribution in [2.24, 2.45) is 5.73 Å². The van der Waals surface area contributed by atoms with Crippen LogP contribution < -0.4 is 10.5 Å². The molecule has 1 aromatic rings. The lowest BCUT2D eigenvalue weighted by Gasteiger charge is -2.28. The van der Waals surface area contributed by atoms with Crippen LogP contribution in [0.4, 0.5) is 0 Å². The van der Waals surface area contributed by atoms with Gasteiger partial charge in [0, 0.05) is 17.0 Å². The normalized spacial score (nSPS) is 15.9. The Morgan fingerprint density at radius 3 is 2.88 bits per heavy atom. The third-order valence-electron chi connectivity index (χ3n) is 2.50. The largest absolute Gasteiger partial charge is 0.485 e. The minimum absolute atomic E-state index is 0.201. The summed E-state index contributed by atoms with van der Waals surface area (Å²) in [5.41, 5.74) is 6.90. The van der Waals surface area contributed by atoms with E-state index in [1.165, 1.54) is 4.90 Å². The van der Waals surface area contributed by atoms with Gasteiger partial charge in [0.05, 0.1) is 13.2 Å². The van der Waals surface area contributed by atoms with Gasteiger partial charge >= 0.3 is 0 Å². The van der Waals surface area contributed by atoms with Crippen molar-refractivity contribution < 1.29 is 9.47 Å². The van der Waals surface area contributed by atoms with Crippen LogP contribution in [0.3, 0.4) is 0 Å². The summed E-state index contributed by atoms with van der Waals surface area (Å²) in [4.78, 5) is 1.22. The Bertz CT molecular complexity index is 353. The van der Waals surface area contributed by atoms with E-state index < -0.39 is 0 Å². The molecule has 0 saturated carbocycles. The minimum Gasteiger partial charge on any atom is -0.485 e. The molecule has 0 atom stereocenters. The zero-order valence-electron chi connectivity index (χ0n) is 9.44. The van der Waals surface area contributed by atoms with Crippen molar-refractivity contribution in [1.29, 1.82) is 0 Å².